The topological polar surface area (TPSA) is 85.0 Å². The van der Waals surface area contributed by atoms with E-state index in [9.17, 15) is 14.4 Å². The van der Waals surface area contributed by atoms with Crippen molar-refractivity contribution in [2.45, 2.75) is 25.5 Å². The fourth-order valence-electron chi connectivity index (χ4n) is 3.64. The van der Waals surface area contributed by atoms with Gasteiger partial charge in [0.1, 0.15) is 5.75 Å². The molecule has 2 amide bonds. The molecule has 0 saturated carbocycles. The number of nitrogens with zero attached hydrogens (tertiary/aromatic N) is 3. The van der Waals surface area contributed by atoms with Crippen LogP contribution in [0.5, 0.6) is 5.75 Å². The van der Waals surface area contributed by atoms with Crippen molar-refractivity contribution >= 4 is 28.6 Å². The molecular weight excluding hydrogens is 386 g/mol. The van der Waals surface area contributed by atoms with Crippen molar-refractivity contribution < 1.29 is 18.7 Å². The van der Waals surface area contributed by atoms with E-state index in [0.717, 1.165) is 0 Å². The van der Waals surface area contributed by atoms with Gasteiger partial charge in [0.2, 0.25) is 5.91 Å². The summed E-state index contributed by atoms with van der Waals surface area (Å²) >= 11 is 0. The van der Waals surface area contributed by atoms with Gasteiger partial charge in [0, 0.05) is 27.1 Å². The standard InChI is InChI=1S/C22H23N3O5/c1-23(2)21(27)19-14-25(16-9-4-5-10-17(16)29-19)20(26)12-7-13-24-15-8-3-6-11-18(15)30-22(24)28/h3-6,8-11,19H,7,12-14H2,1-2H3/t19-/m0/s1. The number of aryl methyl sites for hydroxylation is 1. The fourth-order valence-corrected chi connectivity index (χ4v) is 3.64. The highest BCUT2D eigenvalue weighted by Gasteiger charge is 2.34. The summed E-state index contributed by atoms with van der Waals surface area (Å²) in [7, 11) is 3.32. The number of hydrogen-bond donors (Lipinski definition) is 0. The number of carbonyl (C=O) groups is 2. The maximum Gasteiger partial charge on any atom is 0.419 e. The molecule has 8 heteroatoms. The van der Waals surface area contributed by atoms with E-state index in [2.05, 4.69) is 0 Å². The number of rotatable bonds is 5. The van der Waals surface area contributed by atoms with Gasteiger partial charge in [-0.1, -0.05) is 24.3 Å². The molecule has 30 heavy (non-hydrogen) atoms. The molecule has 0 saturated heterocycles. The third kappa shape index (κ3) is 3.68. The van der Waals surface area contributed by atoms with Crippen molar-refractivity contribution in [3.63, 3.8) is 0 Å². The molecule has 4 rings (SSSR count). The number of anilines is 1. The van der Waals surface area contributed by atoms with Crippen LogP contribution in [0.4, 0.5) is 5.69 Å². The minimum absolute atomic E-state index is 0.122. The number of oxazole rings is 1. The van der Waals surface area contributed by atoms with Gasteiger partial charge in [-0.05, 0) is 30.7 Å². The zero-order valence-electron chi connectivity index (χ0n) is 16.9. The predicted molar refractivity (Wildman–Crippen MR) is 112 cm³/mol. The van der Waals surface area contributed by atoms with Crippen LogP contribution in [0, 0.1) is 0 Å². The van der Waals surface area contributed by atoms with Crippen molar-refractivity contribution in [3.05, 3.63) is 59.1 Å². The molecule has 1 aliphatic heterocycles. The van der Waals surface area contributed by atoms with Crippen molar-refractivity contribution in [3.8, 4) is 5.75 Å². The van der Waals surface area contributed by atoms with E-state index in [-0.39, 0.29) is 24.8 Å². The number of para-hydroxylation sites is 4. The lowest BCUT2D eigenvalue weighted by Gasteiger charge is -2.35. The van der Waals surface area contributed by atoms with E-state index in [0.29, 0.717) is 35.5 Å². The van der Waals surface area contributed by atoms with Crippen LogP contribution in [0.25, 0.3) is 11.1 Å². The summed E-state index contributed by atoms with van der Waals surface area (Å²) in [5, 5.41) is 0. The second-order valence-corrected chi connectivity index (χ2v) is 7.40. The van der Waals surface area contributed by atoms with E-state index in [1.807, 2.05) is 18.2 Å². The van der Waals surface area contributed by atoms with Gasteiger partial charge in [0.25, 0.3) is 5.91 Å². The van der Waals surface area contributed by atoms with Crippen LogP contribution in [-0.2, 0) is 16.1 Å². The minimum Gasteiger partial charge on any atom is -0.476 e. The molecule has 2 aromatic carbocycles. The summed E-state index contributed by atoms with van der Waals surface area (Å²) in [4.78, 5) is 40.6. The molecule has 0 radical (unpaired) electrons. The summed E-state index contributed by atoms with van der Waals surface area (Å²) in [5.41, 5.74) is 1.89. The Morgan fingerprint density at radius 2 is 1.83 bits per heavy atom. The SMILES string of the molecule is CN(C)C(=O)[C@@H]1CN(C(=O)CCCn2c(=O)oc3ccccc32)c2ccccc2O1. The Labute approximate surface area is 173 Å². The highest BCUT2D eigenvalue weighted by molar-refractivity contribution is 5.97. The van der Waals surface area contributed by atoms with Crippen molar-refractivity contribution in [2.75, 3.05) is 25.5 Å². The van der Waals surface area contributed by atoms with Crippen LogP contribution in [0.2, 0.25) is 0 Å². The Morgan fingerprint density at radius 1 is 1.10 bits per heavy atom. The molecule has 1 atom stereocenters. The summed E-state index contributed by atoms with van der Waals surface area (Å²) in [5.74, 6) is -0.242. The summed E-state index contributed by atoms with van der Waals surface area (Å²) in [6, 6.07) is 14.4. The van der Waals surface area contributed by atoms with Crippen LogP contribution in [0.3, 0.4) is 0 Å². The first-order chi connectivity index (χ1) is 14.5. The van der Waals surface area contributed by atoms with Gasteiger partial charge in [-0.25, -0.2) is 4.79 Å². The Kier molecular flexibility index (Phi) is 5.31. The fraction of sp³-hybridized carbons (Fsp3) is 0.318. The number of aromatic nitrogens is 1. The first kappa shape index (κ1) is 19.8. The van der Waals surface area contributed by atoms with Crippen molar-refractivity contribution in [2.24, 2.45) is 0 Å². The van der Waals surface area contributed by atoms with Gasteiger partial charge in [0.05, 0.1) is 17.7 Å². The lowest BCUT2D eigenvalue weighted by molar-refractivity contribution is -0.136. The Bertz CT molecular complexity index is 1150. The van der Waals surface area contributed by atoms with Gasteiger partial charge in [-0.3, -0.25) is 14.2 Å². The Hall–Kier alpha value is -3.55. The number of fused-ring (bicyclic) bond motifs is 2. The quantitative estimate of drug-likeness (QED) is 0.645. The van der Waals surface area contributed by atoms with Gasteiger partial charge in [0.15, 0.2) is 11.7 Å². The Balaban J connectivity index is 1.48. The first-order valence-electron chi connectivity index (χ1n) is 9.81. The highest BCUT2D eigenvalue weighted by atomic mass is 16.5. The average Bonchev–Trinajstić information content (AvgIpc) is 3.07. The zero-order valence-corrected chi connectivity index (χ0v) is 16.9. The maximum atomic E-state index is 13.0. The first-order valence-corrected chi connectivity index (χ1v) is 9.81. The van der Waals surface area contributed by atoms with E-state index >= 15 is 0 Å². The number of ether oxygens (including phenoxy) is 1. The molecular formula is C22H23N3O5. The molecule has 3 aromatic rings. The van der Waals surface area contributed by atoms with Crippen LogP contribution in [0.15, 0.2) is 57.7 Å². The average molecular weight is 409 g/mol. The van der Waals surface area contributed by atoms with Crippen LogP contribution >= 0.6 is 0 Å². The van der Waals surface area contributed by atoms with E-state index < -0.39 is 11.9 Å². The molecule has 1 aromatic heterocycles. The molecule has 156 valence electrons. The lowest BCUT2D eigenvalue weighted by atomic mass is 10.1. The van der Waals surface area contributed by atoms with E-state index in [1.54, 1.807) is 49.3 Å². The highest BCUT2D eigenvalue weighted by Crippen LogP contribution is 2.34. The molecule has 0 bridgehead atoms. The molecule has 8 nitrogen and oxygen atoms in total. The smallest absolute Gasteiger partial charge is 0.419 e. The zero-order chi connectivity index (χ0) is 21.3. The maximum absolute atomic E-state index is 13.0. The molecule has 2 heterocycles. The minimum atomic E-state index is -0.751. The number of carbonyl (C=O) groups excluding carboxylic acids is 2. The third-order valence-electron chi connectivity index (χ3n) is 5.14. The summed E-state index contributed by atoms with van der Waals surface area (Å²) in [6.07, 6.45) is -0.0590. The molecule has 0 N–H and O–H groups in total. The molecule has 0 spiro atoms. The normalized spacial score (nSPS) is 15.5. The van der Waals surface area contributed by atoms with Gasteiger partial charge < -0.3 is 19.0 Å². The predicted octanol–water partition coefficient (Wildman–Crippen LogP) is 2.26. The number of benzene rings is 2. The second-order valence-electron chi connectivity index (χ2n) is 7.40. The number of amides is 2. The van der Waals surface area contributed by atoms with Gasteiger partial charge in [-0.2, -0.15) is 0 Å². The number of likely N-dealkylation sites (N-methyl/N-ethyl adjacent to an activating group) is 1. The monoisotopic (exact) mass is 409 g/mol. The van der Waals surface area contributed by atoms with Gasteiger partial charge in [-0.15, -0.1) is 0 Å². The molecule has 0 aliphatic carbocycles. The van der Waals surface area contributed by atoms with Crippen molar-refractivity contribution in [1.82, 2.24) is 9.47 Å². The van der Waals surface area contributed by atoms with Crippen molar-refractivity contribution in [1.29, 1.82) is 0 Å². The summed E-state index contributed by atoms with van der Waals surface area (Å²) < 4.78 is 12.6. The molecule has 0 unspecified atom stereocenters. The lowest BCUT2D eigenvalue weighted by Crippen LogP contribution is -2.50. The van der Waals surface area contributed by atoms with E-state index in [4.69, 9.17) is 9.15 Å². The number of hydrogen-bond acceptors (Lipinski definition) is 5. The van der Waals surface area contributed by atoms with Crippen LogP contribution in [0.1, 0.15) is 12.8 Å². The molecule has 0 fully saturated rings. The largest absolute Gasteiger partial charge is 0.476 e. The summed E-state index contributed by atoms with van der Waals surface area (Å²) in [6.45, 7) is 0.523. The second kappa shape index (κ2) is 8.06. The van der Waals surface area contributed by atoms with Gasteiger partial charge >= 0.3 is 5.76 Å². The third-order valence-corrected chi connectivity index (χ3v) is 5.14. The van der Waals surface area contributed by atoms with Crippen LogP contribution in [-0.4, -0.2) is 48.0 Å². The van der Waals surface area contributed by atoms with Crippen LogP contribution < -0.4 is 15.4 Å². The van der Waals surface area contributed by atoms with E-state index in [1.165, 1.54) is 9.47 Å². The Morgan fingerprint density at radius 3 is 2.63 bits per heavy atom. The molecule has 1 aliphatic rings.